The van der Waals surface area contributed by atoms with E-state index in [-0.39, 0.29) is 11.7 Å². The number of H-pyrrole nitrogens is 1. The molecule has 1 atom stereocenters. The maximum Gasteiger partial charge on any atom is 0.411 e. The molecule has 0 spiro atoms. The molecule has 1 aliphatic carbocycles. The van der Waals surface area contributed by atoms with Crippen molar-refractivity contribution in [1.29, 1.82) is 0 Å². The number of anilines is 1. The molecule has 1 aromatic rings. The Balaban J connectivity index is 1.61. The second kappa shape index (κ2) is 6.27. The molecule has 9 heteroatoms. The van der Waals surface area contributed by atoms with Gasteiger partial charge in [0.05, 0.1) is 0 Å². The Hall–Kier alpha value is -1.77. The summed E-state index contributed by atoms with van der Waals surface area (Å²) in [6.07, 6.45) is -1.87. The summed E-state index contributed by atoms with van der Waals surface area (Å²) >= 11 is 0. The SMILES string of the molecule is CC(NC(=O)Nc1cc(C2CCOCC2)[nH]n1)(C1CC1)C(F)(F)F. The highest BCUT2D eigenvalue weighted by Gasteiger charge is 2.60. The van der Waals surface area contributed by atoms with Gasteiger partial charge in [-0.05, 0) is 38.5 Å². The predicted molar refractivity (Wildman–Crippen MR) is 80.7 cm³/mol. The molecule has 1 aliphatic heterocycles. The van der Waals surface area contributed by atoms with E-state index < -0.39 is 23.7 Å². The molecular weight excluding hydrogens is 325 g/mol. The van der Waals surface area contributed by atoms with E-state index in [9.17, 15) is 18.0 Å². The average molecular weight is 346 g/mol. The van der Waals surface area contributed by atoms with Crippen molar-refractivity contribution in [3.8, 4) is 0 Å². The number of nitrogens with one attached hydrogen (secondary N) is 3. The van der Waals surface area contributed by atoms with Crippen LogP contribution in [0.5, 0.6) is 0 Å². The van der Waals surface area contributed by atoms with Gasteiger partial charge >= 0.3 is 12.2 Å². The van der Waals surface area contributed by atoms with E-state index in [2.05, 4.69) is 20.8 Å². The molecule has 3 rings (SSSR count). The van der Waals surface area contributed by atoms with Crippen LogP contribution < -0.4 is 10.6 Å². The fourth-order valence-corrected chi connectivity index (χ4v) is 3.07. The second-order valence-electron chi connectivity index (χ2n) is 6.65. The number of rotatable bonds is 4. The number of aromatic nitrogens is 2. The summed E-state index contributed by atoms with van der Waals surface area (Å²) in [4.78, 5) is 12.0. The molecule has 0 aromatic carbocycles. The van der Waals surface area contributed by atoms with E-state index in [1.54, 1.807) is 6.07 Å². The van der Waals surface area contributed by atoms with Crippen LogP contribution in [0.2, 0.25) is 0 Å². The predicted octanol–water partition coefficient (Wildman–Crippen LogP) is 3.16. The molecule has 2 fully saturated rings. The molecule has 134 valence electrons. The van der Waals surface area contributed by atoms with Crippen molar-refractivity contribution >= 4 is 11.8 Å². The third-order valence-corrected chi connectivity index (χ3v) is 4.86. The lowest BCUT2D eigenvalue weighted by Crippen LogP contribution is -2.59. The second-order valence-corrected chi connectivity index (χ2v) is 6.65. The number of carbonyl (C=O) groups is 1. The average Bonchev–Trinajstić information content (AvgIpc) is 3.28. The lowest BCUT2D eigenvalue weighted by atomic mass is 9.95. The Labute approximate surface area is 137 Å². The quantitative estimate of drug-likeness (QED) is 0.783. The summed E-state index contributed by atoms with van der Waals surface area (Å²) in [6.45, 7) is 2.36. The van der Waals surface area contributed by atoms with Crippen LogP contribution in [0.15, 0.2) is 6.07 Å². The summed E-state index contributed by atoms with van der Waals surface area (Å²) in [5, 5.41) is 11.3. The summed E-state index contributed by atoms with van der Waals surface area (Å²) < 4.78 is 45.1. The Morgan fingerprint density at radius 3 is 2.54 bits per heavy atom. The largest absolute Gasteiger partial charge is 0.411 e. The van der Waals surface area contributed by atoms with Crippen molar-refractivity contribution < 1.29 is 22.7 Å². The molecule has 1 saturated heterocycles. The smallest absolute Gasteiger partial charge is 0.381 e. The van der Waals surface area contributed by atoms with E-state index >= 15 is 0 Å². The van der Waals surface area contributed by atoms with Crippen LogP contribution in [0.3, 0.4) is 0 Å². The van der Waals surface area contributed by atoms with Crippen LogP contribution in [-0.4, -0.2) is 41.2 Å². The van der Waals surface area contributed by atoms with Crippen LogP contribution in [-0.2, 0) is 4.74 Å². The highest BCUT2D eigenvalue weighted by Crippen LogP contribution is 2.48. The van der Waals surface area contributed by atoms with Gasteiger partial charge in [0, 0.05) is 30.9 Å². The minimum Gasteiger partial charge on any atom is -0.381 e. The summed E-state index contributed by atoms with van der Waals surface area (Å²) in [5.74, 6) is -0.0914. The first-order valence-corrected chi connectivity index (χ1v) is 8.08. The van der Waals surface area contributed by atoms with Crippen molar-refractivity contribution in [3.05, 3.63) is 11.8 Å². The maximum absolute atomic E-state index is 13.3. The van der Waals surface area contributed by atoms with Crippen LogP contribution in [0.1, 0.15) is 44.2 Å². The fraction of sp³-hybridized carbons (Fsp3) is 0.733. The molecule has 3 N–H and O–H groups in total. The van der Waals surface area contributed by atoms with E-state index in [4.69, 9.17) is 4.74 Å². The normalized spacial score (nSPS) is 22.0. The number of amides is 2. The van der Waals surface area contributed by atoms with Gasteiger partial charge < -0.3 is 10.1 Å². The van der Waals surface area contributed by atoms with Gasteiger partial charge in [-0.15, -0.1) is 0 Å². The minimum absolute atomic E-state index is 0.217. The van der Waals surface area contributed by atoms with Crippen LogP contribution >= 0.6 is 0 Å². The molecule has 0 bridgehead atoms. The lowest BCUT2D eigenvalue weighted by molar-refractivity contribution is -0.193. The van der Waals surface area contributed by atoms with E-state index in [1.807, 2.05) is 0 Å². The first-order chi connectivity index (χ1) is 11.3. The van der Waals surface area contributed by atoms with Gasteiger partial charge in [0.25, 0.3) is 0 Å². The van der Waals surface area contributed by atoms with Gasteiger partial charge in [-0.2, -0.15) is 18.3 Å². The van der Waals surface area contributed by atoms with Crippen LogP contribution in [0.25, 0.3) is 0 Å². The topological polar surface area (TPSA) is 79.0 Å². The van der Waals surface area contributed by atoms with Crippen molar-refractivity contribution in [3.63, 3.8) is 0 Å². The molecule has 6 nitrogen and oxygen atoms in total. The number of urea groups is 1. The Morgan fingerprint density at radius 1 is 1.29 bits per heavy atom. The number of halogens is 3. The number of hydrogen-bond acceptors (Lipinski definition) is 3. The van der Waals surface area contributed by atoms with Crippen molar-refractivity contribution in [2.45, 2.75) is 50.2 Å². The first-order valence-electron chi connectivity index (χ1n) is 8.08. The number of alkyl halides is 3. The van der Waals surface area contributed by atoms with Gasteiger partial charge in [0.2, 0.25) is 0 Å². The van der Waals surface area contributed by atoms with Crippen LogP contribution in [0.4, 0.5) is 23.8 Å². The zero-order valence-electron chi connectivity index (χ0n) is 13.4. The van der Waals surface area contributed by atoms with Gasteiger partial charge in [0.1, 0.15) is 5.54 Å². The van der Waals surface area contributed by atoms with Crippen LogP contribution in [0, 0.1) is 5.92 Å². The van der Waals surface area contributed by atoms with Gasteiger partial charge in [-0.3, -0.25) is 10.4 Å². The van der Waals surface area contributed by atoms with E-state index in [0.717, 1.165) is 25.5 Å². The first kappa shape index (κ1) is 17.1. The summed E-state index contributed by atoms with van der Waals surface area (Å²) in [5.41, 5.74) is -1.36. The molecular formula is C15H21F3N4O2. The number of carbonyl (C=O) groups excluding carboxylic acids is 1. The fourth-order valence-electron chi connectivity index (χ4n) is 3.07. The zero-order valence-corrected chi connectivity index (χ0v) is 13.4. The molecule has 24 heavy (non-hydrogen) atoms. The summed E-state index contributed by atoms with van der Waals surface area (Å²) in [7, 11) is 0. The number of aromatic amines is 1. The molecule has 2 aliphatic rings. The number of hydrogen-bond donors (Lipinski definition) is 3. The Bertz CT molecular complexity index is 594. The van der Waals surface area contributed by atoms with E-state index in [0.29, 0.717) is 26.1 Å². The highest BCUT2D eigenvalue weighted by atomic mass is 19.4. The van der Waals surface area contributed by atoms with Crippen molar-refractivity contribution in [1.82, 2.24) is 15.5 Å². The maximum atomic E-state index is 13.3. The monoisotopic (exact) mass is 346 g/mol. The number of ether oxygens (including phenoxy) is 1. The molecule has 1 unspecified atom stereocenters. The van der Waals surface area contributed by atoms with Gasteiger partial charge in [-0.25, -0.2) is 4.79 Å². The Kier molecular flexibility index (Phi) is 4.46. The molecule has 0 radical (unpaired) electrons. The molecule has 1 saturated carbocycles. The van der Waals surface area contributed by atoms with Crippen molar-refractivity contribution in [2.75, 3.05) is 18.5 Å². The Morgan fingerprint density at radius 2 is 1.96 bits per heavy atom. The number of nitrogens with zero attached hydrogens (tertiary/aromatic N) is 1. The van der Waals surface area contributed by atoms with Gasteiger partial charge in [0.15, 0.2) is 5.82 Å². The third-order valence-electron chi connectivity index (χ3n) is 4.86. The third kappa shape index (κ3) is 3.50. The summed E-state index contributed by atoms with van der Waals surface area (Å²) in [6, 6.07) is 0.768. The van der Waals surface area contributed by atoms with Crippen molar-refractivity contribution in [2.24, 2.45) is 5.92 Å². The van der Waals surface area contributed by atoms with E-state index in [1.165, 1.54) is 0 Å². The molecule has 1 aromatic heterocycles. The molecule has 2 heterocycles. The molecule has 2 amide bonds. The standard InChI is InChI=1S/C15H21F3N4O2/c1-14(10-2-3-10,15(16,17)18)20-13(23)19-12-8-11(21-22-12)9-4-6-24-7-5-9/h8-10H,2-7H2,1H3,(H3,19,20,21,22,23). The lowest BCUT2D eigenvalue weighted by Gasteiger charge is -2.33. The minimum atomic E-state index is -4.50. The highest BCUT2D eigenvalue weighted by molar-refractivity contribution is 5.88. The zero-order chi connectivity index (χ0) is 17.4. The van der Waals surface area contributed by atoms with Gasteiger partial charge in [-0.1, -0.05) is 0 Å².